The van der Waals surface area contributed by atoms with Gasteiger partial charge in [0.05, 0.1) is 12.0 Å². The van der Waals surface area contributed by atoms with Crippen LogP contribution in [0.5, 0.6) is 5.75 Å². The summed E-state index contributed by atoms with van der Waals surface area (Å²) in [7, 11) is 0. The van der Waals surface area contributed by atoms with Gasteiger partial charge in [-0.2, -0.15) is 0 Å². The third-order valence-corrected chi connectivity index (χ3v) is 4.78. The SMILES string of the molecule is O=C(O)[C@H]1CCN(C(=O)c2ccc(OC3CCCCC3)cc2)C1. The molecule has 5 nitrogen and oxygen atoms in total. The third kappa shape index (κ3) is 3.84. The summed E-state index contributed by atoms with van der Waals surface area (Å²) in [5.74, 6) is -0.555. The molecule has 23 heavy (non-hydrogen) atoms. The maximum absolute atomic E-state index is 12.4. The van der Waals surface area contributed by atoms with Gasteiger partial charge in [-0.05, 0) is 56.4 Å². The molecule has 0 aromatic heterocycles. The molecule has 1 saturated heterocycles. The lowest BCUT2D eigenvalue weighted by Crippen LogP contribution is -2.29. The fraction of sp³-hybridized carbons (Fsp3) is 0.556. The molecule has 1 aliphatic carbocycles. The van der Waals surface area contributed by atoms with E-state index in [-0.39, 0.29) is 5.91 Å². The molecule has 124 valence electrons. The molecular formula is C18H23NO4. The summed E-state index contributed by atoms with van der Waals surface area (Å²) in [6.07, 6.45) is 6.77. The Hall–Kier alpha value is -2.04. The highest BCUT2D eigenvalue weighted by atomic mass is 16.5. The van der Waals surface area contributed by atoms with E-state index in [1.165, 1.54) is 19.3 Å². The van der Waals surface area contributed by atoms with Crippen LogP contribution in [0.3, 0.4) is 0 Å². The van der Waals surface area contributed by atoms with Crippen molar-refractivity contribution in [3.8, 4) is 5.75 Å². The van der Waals surface area contributed by atoms with Gasteiger partial charge in [0, 0.05) is 18.7 Å². The number of hydrogen-bond donors (Lipinski definition) is 1. The van der Waals surface area contributed by atoms with Gasteiger partial charge in [-0.15, -0.1) is 0 Å². The van der Waals surface area contributed by atoms with Gasteiger partial charge in [-0.3, -0.25) is 9.59 Å². The van der Waals surface area contributed by atoms with Crippen LogP contribution in [-0.2, 0) is 4.79 Å². The van der Waals surface area contributed by atoms with Crippen LogP contribution < -0.4 is 4.74 Å². The molecule has 3 rings (SSSR count). The van der Waals surface area contributed by atoms with Gasteiger partial charge >= 0.3 is 5.97 Å². The minimum Gasteiger partial charge on any atom is -0.490 e. The van der Waals surface area contributed by atoms with Crippen molar-refractivity contribution in [2.75, 3.05) is 13.1 Å². The molecule has 5 heteroatoms. The van der Waals surface area contributed by atoms with Crippen molar-refractivity contribution in [2.45, 2.75) is 44.6 Å². The fourth-order valence-electron chi connectivity index (χ4n) is 3.38. The van der Waals surface area contributed by atoms with Crippen LogP contribution >= 0.6 is 0 Å². The van der Waals surface area contributed by atoms with Crippen LogP contribution in [-0.4, -0.2) is 41.1 Å². The van der Waals surface area contributed by atoms with Crippen LogP contribution in [0.2, 0.25) is 0 Å². The molecule has 0 bridgehead atoms. The fourth-order valence-corrected chi connectivity index (χ4v) is 3.38. The second-order valence-electron chi connectivity index (χ2n) is 6.48. The molecule has 1 aliphatic heterocycles. The second-order valence-corrected chi connectivity index (χ2v) is 6.48. The lowest BCUT2D eigenvalue weighted by Gasteiger charge is -2.23. The highest BCUT2D eigenvalue weighted by Gasteiger charge is 2.31. The molecule has 0 spiro atoms. The molecule has 1 N–H and O–H groups in total. The number of carbonyl (C=O) groups is 2. The zero-order chi connectivity index (χ0) is 16.2. The van der Waals surface area contributed by atoms with E-state index < -0.39 is 11.9 Å². The smallest absolute Gasteiger partial charge is 0.308 e. The number of ether oxygens (including phenoxy) is 1. The number of benzene rings is 1. The number of carboxylic acids is 1. The van der Waals surface area contributed by atoms with Crippen LogP contribution in [0.15, 0.2) is 24.3 Å². The molecule has 0 unspecified atom stereocenters. The Morgan fingerprint density at radius 2 is 1.74 bits per heavy atom. The number of carbonyl (C=O) groups excluding carboxylic acids is 1. The van der Waals surface area contributed by atoms with Gasteiger partial charge in [0.1, 0.15) is 5.75 Å². The van der Waals surface area contributed by atoms with Crippen molar-refractivity contribution in [1.82, 2.24) is 4.90 Å². The zero-order valence-electron chi connectivity index (χ0n) is 13.2. The molecule has 2 fully saturated rings. The summed E-state index contributed by atoms with van der Waals surface area (Å²) in [5.41, 5.74) is 0.590. The molecule has 1 aromatic carbocycles. The number of carboxylic acid groups (broad SMARTS) is 1. The summed E-state index contributed by atoms with van der Waals surface area (Å²) in [4.78, 5) is 25.0. The normalized spacial score (nSPS) is 22.1. The van der Waals surface area contributed by atoms with Crippen LogP contribution in [0.1, 0.15) is 48.9 Å². The maximum atomic E-state index is 12.4. The van der Waals surface area contributed by atoms with Gasteiger partial charge < -0.3 is 14.7 Å². The highest BCUT2D eigenvalue weighted by Crippen LogP contribution is 2.24. The number of amides is 1. The van der Waals surface area contributed by atoms with Gasteiger partial charge in [0.25, 0.3) is 5.91 Å². The van der Waals surface area contributed by atoms with Gasteiger partial charge in [0.2, 0.25) is 0 Å². The Balaban J connectivity index is 1.58. The number of aliphatic carboxylic acids is 1. The Labute approximate surface area is 136 Å². The van der Waals surface area contributed by atoms with Gasteiger partial charge in [-0.1, -0.05) is 6.42 Å². The molecule has 1 aromatic rings. The lowest BCUT2D eigenvalue weighted by atomic mass is 9.98. The Morgan fingerprint density at radius 1 is 1.04 bits per heavy atom. The first kappa shape index (κ1) is 15.8. The van der Waals surface area contributed by atoms with E-state index in [0.717, 1.165) is 18.6 Å². The van der Waals surface area contributed by atoms with Crippen LogP contribution in [0.25, 0.3) is 0 Å². The van der Waals surface area contributed by atoms with E-state index in [2.05, 4.69) is 0 Å². The standard InChI is InChI=1S/C18H23NO4/c20-17(19-11-10-14(12-19)18(21)22)13-6-8-16(9-7-13)23-15-4-2-1-3-5-15/h6-9,14-15H,1-5,10-12H2,(H,21,22)/t14-/m0/s1. The van der Waals surface area contributed by atoms with Gasteiger partial charge in [0.15, 0.2) is 0 Å². The van der Waals surface area contributed by atoms with E-state index >= 15 is 0 Å². The highest BCUT2D eigenvalue weighted by molar-refractivity contribution is 5.94. The molecule has 0 radical (unpaired) electrons. The quantitative estimate of drug-likeness (QED) is 0.927. The average molecular weight is 317 g/mol. The maximum Gasteiger partial charge on any atom is 0.308 e. The largest absolute Gasteiger partial charge is 0.490 e. The van der Waals surface area contributed by atoms with E-state index in [4.69, 9.17) is 9.84 Å². The topological polar surface area (TPSA) is 66.8 Å². The molecule has 1 saturated carbocycles. The van der Waals surface area contributed by atoms with E-state index in [1.807, 2.05) is 12.1 Å². The van der Waals surface area contributed by atoms with Crippen molar-refractivity contribution < 1.29 is 19.4 Å². The summed E-state index contributed by atoms with van der Waals surface area (Å²) in [6, 6.07) is 7.22. The van der Waals surface area contributed by atoms with E-state index in [9.17, 15) is 9.59 Å². The third-order valence-electron chi connectivity index (χ3n) is 4.78. The lowest BCUT2D eigenvalue weighted by molar-refractivity contribution is -0.141. The number of likely N-dealkylation sites (tertiary alicyclic amines) is 1. The summed E-state index contributed by atoms with van der Waals surface area (Å²) < 4.78 is 5.96. The monoisotopic (exact) mass is 317 g/mol. The summed E-state index contributed by atoms with van der Waals surface area (Å²) in [6.45, 7) is 0.810. The zero-order valence-corrected chi connectivity index (χ0v) is 13.2. The number of hydrogen-bond acceptors (Lipinski definition) is 3. The van der Waals surface area contributed by atoms with Gasteiger partial charge in [-0.25, -0.2) is 0 Å². The van der Waals surface area contributed by atoms with Crippen molar-refractivity contribution in [3.63, 3.8) is 0 Å². The minimum atomic E-state index is -0.823. The first-order valence-electron chi connectivity index (χ1n) is 8.42. The first-order chi connectivity index (χ1) is 11.1. The first-order valence-corrected chi connectivity index (χ1v) is 8.42. The molecular weight excluding hydrogens is 294 g/mol. The van der Waals surface area contributed by atoms with Crippen molar-refractivity contribution in [1.29, 1.82) is 0 Å². The number of nitrogens with zero attached hydrogens (tertiary/aromatic N) is 1. The minimum absolute atomic E-state index is 0.0991. The van der Waals surface area contributed by atoms with Crippen molar-refractivity contribution >= 4 is 11.9 Å². The summed E-state index contributed by atoms with van der Waals surface area (Å²) >= 11 is 0. The van der Waals surface area contributed by atoms with E-state index in [0.29, 0.717) is 31.2 Å². The Bertz CT molecular complexity index is 563. The summed E-state index contributed by atoms with van der Waals surface area (Å²) in [5, 5.41) is 9.02. The Kier molecular flexibility index (Phi) is 4.84. The Morgan fingerprint density at radius 3 is 2.35 bits per heavy atom. The van der Waals surface area contributed by atoms with Crippen molar-refractivity contribution in [3.05, 3.63) is 29.8 Å². The average Bonchev–Trinajstić information content (AvgIpc) is 3.06. The van der Waals surface area contributed by atoms with Crippen LogP contribution in [0.4, 0.5) is 0 Å². The second kappa shape index (κ2) is 7.02. The molecule has 1 amide bonds. The van der Waals surface area contributed by atoms with E-state index in [1.54, 1.807) is 17.0 Å². The predicted octanol–water partition coefficient (Wildman–Crippen LogP) is 2.94. The predicted molar refractivity (Wildman–Crippen MR) is 85.6 cm³/mol. The van der Waals surface area contributed by atoms with Crippen molar-refractivity contribution in [2.24, 2.45) is 5.92 Å². The number of rotatable bonds is 4. The molecule has 1 atom stereocenters. The molecule has 1 heterocycles. The molecule has 2 aliphatic rings. The van der Waals surface area contributed by atoms with Crippen LogP contribution in [0, 0.1) is 5.92 Å².